The summed E-state index contributed by atoms with van der Waals surface area (Å²) < 4.78 is 8.03. The number of aliphatic imine (C=N–C) groups is 1. The molecule has 1 aromatic heterocycles. The number of nitrogens with one attached hydrogen (secondary N) is 2. The Morgan fingerprint density at radius 2 is 1.93 bits per heavy atom. The summed E-state index contributed by atoms with van der Waals surface area (Å²) in [7, 11) is 1.97. The maximum Gasteiger partial charge on any atom is 0.191 e. The van der Waals surface area contributed by atoms with Gasteiger partial charge in [0.1, 0.15) is 5.75 Å². The maximum absolute atomic E-state index is 6.11. The monoisotopic (exact) mass is 513 g/mol. The zero-order chi connectivity index (χ0) is 20.7. The molecule has 2 aromatic rings. The lowest BCUT2D eigenvalue weighted by Crippen LogP contribution is -2.37. The summed E-state index contributed by atoms with van der Waals surface area (Å²) in [5.41, 5.74) is 5.72. The molecule has 0 saturated carbocycles. The number of benzene rings is 1. The number of hydrogen-bond donors (Lipinski definition) is 2. The summed E-state index contributed by atoms with van der Waals surface area (Å²) in [5, 5.41) is 11.2. The molecule has 0 bridgehead atoms. The van der Waals surface area contributed by atoms with Crippen molar-refractivity contribution in [2.75, 3.05) is 6.54 Å². The summed E-state index contributed by atoms with van der Waals surface area (Å²) in [5.74, 6) is 1.72. The highest BCUT2D eigenvalue weighted by Crippen LogP contribution is 2.23. The van der Waals surface area contributed by atoms with Crippen molar-refractivity contribution in [3.63, 3.8) is 0 Å². The van der Waals surface area contributed by atoms with Crippen molar-refractivity contribution in [2.45, 2.75) is 67.2 Å². The highest BCUT2D eigenvalue weighted by molar-refractivity contribution is 14.0. The van der Waals surface area contributed by atoms with Gasteiger partial charge in [0.15, 0.2) is 5.96 Å². The minimum atomic E-state index is 0. The van der Waals surface area contributed by atoms with Crippen LogP contribution in [0.25, 0.3) is 0 Å². The molecular weight excluding hydrogens is 477 g/mol. The SMILES string of the molecule is CCNC(=NCc1ccc(C)cc1OC(C)CC)NCc1c(C)nn(C)c1C.I. The van der Waals surface area contributed by atoms with E-state index in [9.17, 15) is 0 Å². The van der Waals surface area contributed by atoms with Crippen LogP contribution in [0.3, 0.4) is 0 Å². The van der Waals surface area contributed by atoms with E-state index in [1.54, 1.807) is 0 Å². The Balaban J connectivity index is 0.00000420. The lowest BCUT2D eigenvalue weighted by atomic mass is 10.1. The predicted molar refractivity (Wildman–Crippen MR) is 131 cm³/mol. The van der Waals surface area contributed by atoms with Gasteiger partial charge in [0.2, 0.25) is 0 Å². The van der Waals surface area contributed by atoms with Crippen LogP contribution in [0.15, 0.2) is 23.2 Å². The van der Waals surface area contributed by atoms with Gasteiger partial charge >= 0.3 is 0 Å². The first-order chi connectivity index (χ1) is 13.3. The van der Waals surface area contributed by atoms with E-state index in [0.717, 1.165) is 35.9 Å². The van der Waals surface area contributed by atoms with Gasteiger partial charge in [-0.2, -0.15) is 5.10 Å². The number of guanidine groups is 1. The second-order valence-corrected chi connectivity index (χ2v) is 7.27. The fraction of sp³-hybridized carbons (Fsp3) is 0.545. The summed E-state index contributed by atoms with van der Waals surface area (Å²) in [4.78, 5) is 4.78. The zero-order valence-electron chi connectivity index (χ0n) is 18.8. The highest BCUT2D eigenvalue weighted by atomic mass is 127. The Morgan fingerprint density at radius 1 is 1.21 bits per heavy atom. The average molecular weight is 513 g/mol. The van der Waals surface area contributed by atoms with Crippen molar-refractivity contribution in [2.24, 2.45) is 12.0 Å². The topological polar surface area (TPSA) is 63.5 Å². The molecule has 0 saturated heterocycles. The molecule has 0 spiro atoms. The van der Waals surface area contributed by atoms with Crippen LogP contribution in [0, 0.1) is 20.8 Å². The first kappa shape index (κ1) is 25.3. The molecule has 0 radical (unpaired) electrons. The molecule has 1 atom stereocenters. The van der Waals surface area contributed by atoms with Crippen LogP contribution in [0.1, 0.15) is 55.3 Å². The first-order valence-corrected chi connectivity index (χ1v) is 10.1. The minimum absolute atomic E-state index is 0. The van der Waals surface area contributed by atoms with Gasteiger partial charge in [0.05, 0.1) is 18.3 Å². The van der Waals surface area contributed by atoms with Crippen molar-refractivity contribution < 1.29 is 4.74 Å². The first-order valence-electron chi connectivity index (χ1n) is 10.1. The Hall–Kier alpha value is -1.77. The lowest BCUT2D eigenvalue weighted by molar-refractivity contribution is 0.215. The molecule has 1 heterocycles. The van der Waals surface area contributed by atoms with Gasteiger partial charge in [-0.1, -0.05) is 19.1 Å². The van der Waals surface area contributed by atoms with Crippen molar-refractivity contribution in [3.05, 3.63) is 46.3 Å². The maximum atomic E-state index is 6.11. The lowest BCUT2D eigenvalue weighted by Gasteiger charge is -2.17. The van der Waals surface area contributed by atoms with E-state index in [-0.39, 0.29) is 30.1 Å². The third-order valence-electron chi connectivity index (χ3n) is 4.97. The Labute approximate surface area is 192 Å². The molecule has 1 unspecified atom stereocenters. The number of aromatic nitrogens is 2. The normalized spacial score (nSPS) is 12.3. The Morgan fingerprint density at radius 3 is 2.52 bits per heavy atom. The van der Waals surface area contributed by atoms with Crippen molar-refractivity contribution in [1.29, 1.82) is 0 Å². The van der Waals surface area contributed by atoms with Crippen LogP contribution in [-0.4, -0.2) is 28.4 Å². The third kappa shape index (κ3) is 7.21. The van der Waals surface area contributed by atoms with Crippen LogP contribution in [0.2, 0.25) is 0 Å². The van der Waals surface area contributed by atoms with E-state index >= 15 is 0 Å². The number of ether oxygens (including phenoxy) is 1. The molecular formula is C22H36IN5O. The largest absolute Gasteiger partial charge is 0.490 e. The van der Waals surface area contributed by atoms with Gasteiger partial charge in [0.25, 0.3) is 0 Å². The Kier molecular flexibility index (Phi) is 10.5. The van der Waals surface area contributed by atoms with E-state index in [2.05, 4.69) is 68.6 Å². The standard InChI is InChI=1S/C22H35N5O.HI/c1-8-16(4)28-21-12-15(3)10-11-19(21)13-24-22(23-9-2)25-14-20-17(5)26-27(7)18(20)6;/h10-12,16H,8-9,13-14H2,1-7H3,(H2,23,24,25);1H. The fourth-order valence-corrected chi connectivity index (χ4v) is 2.95. The van der Waals surface area contributed by atoms with Crippen molar-refractivity contribution >= 4 is 29.9 Å². The highest BCUT2D eigenvalue weighted by Gasteiger charge is 2.11. The van der Waals surface area contributed by atoms with E-state index in [1.165, 1.54) is 16.8 Å². The molecule has 0 amide bonds. The van der Waals surface area contributed by atoms with E-state index in [1.807, 2.05) is 18.7 Å². The molecule has 0 aliphatic carbocycles. The van der Waals surface area contributed by atoms with E-state index in [4.69, 9.17) is 9.73 Å². The minimum Gasteiger partial charge on any atom is -0.490 e. The molecule has 0 aliphatic rings. The average Bonchev–Trinajstić information content (AvgIpc) is 2.90. The van der Waals surface area contributed by atoms with Gasteiger partial charge in [-0.3, -0.25) is 4.68 Å². The smallest absolute Gasteiger partial charge is 0.191 e. The summed E-state index contributed by atoms with van der Waals surface area (Å²) in [6, 6.07) is 6.31. The molecule has 7 heteroatoms. The summed E-state index contributed by atoms with van der Waals surface area (Å²) in [6.45, 7) is 14.6. The molecule has 2 rings (SSSR count). The zero-order valence-corrected chi connectivity index (χ0v) is 21.1. The van der Waals surface area contributed by atoms with E-state index in [0.29, 0.717) is 13.1 Å². The molecule has 29 heavy (non-hydrogen) atoms. The van der Waals surface area contributed by atoms with Crippen molar-refractivity contribution in [3.8, 4) is 5.75 Å². The van der Waals surface area contributed by atoms with Gasteiger partial charge in [-0.05, 0) is 52.7 Å². The van der Waals surface area contributed by atoms with E-state index < -0.39 is 0 Å². The molecule has 0 aliphatic heterocycles. The molecule has 1 aromatic carbocycles. The summed E-state index contributed by atoms with van der Waals surface area (Å²) >= 11 is 0. The number of aryl methyl sites for hydroxylation is 3. The van der Waals surface area contributed by atoms with Crippen LogP contribution >= 0.6 is 24.0 Å². The molecule has 0 fully saturated rings. The van der Waals surface area contributed by atoms with Crippen LogP contribution in [0.5, 0.6) is 5.75 Å². The molecule has 2 N–H and O–H groups in total. The second-order valence-electron chi connectivity index (χ2n) is 7.27. The van der Waals surface area contributed by atoms with Crippen LogP contribution in [-0.2, 0) is 20.1 Å². The van der Waals surface area contributed by atoms with Crippen LogP contribution < -0.4 is 15.4 Å². The van der Waals surface area contributed by atoms with Gasteiger partial charge < -0.3 is 15.4 Å². The molecule has 162 valence electrons. The molecule has 6 nitrogen and oxygen atoms in total. The van der Waals surface area contributed by atoms with Gasteiger partial charge in [-0.15, -0.1) is 24.0 Å². The number of rotatable bonds is 8. The number of hydrogen-bond acceptors (Lipinski definition) is 3. The van der Waals surface area contributed by atoms with Gasteiger partial charge in [-0.25, -0.2) is 4.99 Å². The quantitative estimate of drug-likeness (QED) is 0.312. The Bertz CT molecular complexity index is 816. The van der Waals surface area contributed by atoms with Gasteiger partial charge in [0, 0.05) is 37.0 Å². The van der Waals surface area contributed by atoms with Crippen LogP contribution in [0.4, 0.5) is 0 Å². The second kappa shape index (κ2) is 12.0. The van der Waals surface area contributed by atoms with Crippen molar-refractivity contribution in [1.82, 2.24) is 20.4 Å². The number of halogens is 1. The predicted octanol–water partition coefficient (Wildman–Crippen LogP) is 4.40. The summed E-state index contributed by atoms with van der Waals surface area (Å²) in [6.07, 6.45) is 1.16. The third-order valence-corrected chi connectivity index (χ3v) is 4.97. The number of nitrogens with zero attached hydrogens (tertiary/aromatic N) is 3. The fourth-order valence-electron chi connectivity index (χ4n) is 2.95.